The number of nitrogens with zero attached hydrogens (tertiary/aromatic N) is 1. The van der Waals surface area contributed by atoms with Crippen molar-refractivity contribution in [2.45, 2.75) is 17.7 Å². The fourth-order valence-corrected chi connectivity index (χ4v) is 3.92. The van der Waals surface area contributed by atoms with Crippen LogP contribution in [0, 0.1) is 11.3 Å². The minimum Gasteiger partial charge on any atom is -0.486 e. The number of benzene rings is 1. The predicted octanol–water partition coefficient (Wildman–Crippen LogP) is 3.20. The zero-order valence-electron chi connectivity index (χ0n) is 17.8. The van der Waals surface area contributed by atoms with Crippen molar-refractivity contribution in [1.82, 2.24) is 10.6 Å². The molecule has 0 spiro atoms. The molecule has 2 unspecified atom stereocenters. The molecular weight excluding hydrogens is 430 g/mol. The third-order valence-electron chi connectivity index (χ3n) is 4.41. The summed E-state index contributed by atoms with van der Waals surface area (Å²) in [7, 11) is 0. The van der Waals surface area contributed by atoms with Gasteiger partial charge in [-0.25, -0.2) is 4.79 Å². The summed E-state index contributed by atoms with van der Waals surface area (Å²) in [6.45, 7) is 12.3. The highest BCUT2D eigenvalue weighted by Gasteiger charge is 2.27. The highest BCUT2D eigenvalue weighted by molar-refractivity contribution is 8.13. The van der Waals surface area contributed by atoms with Crippen LogP contribution in [0.4, 0.5) is 4.79 Å². The van der Waals surface area contributed by atoms with Gasteiger partial charge in [0.2, 0.25) is 0 Å². The third kappa shape index (κ3) is 7.48. The Morgan fingerprint density at radius 1 is 1.19 bits per heavy atom. The maximum Gasteiger partial charge on any atom is 0.367 e. The van der Waals surface area contributed by atoms with Crippen molar-refractivity contribution in [3.8, 4) is 17.6 Å². The first-order valence-electron chi connectivity index (χ1n) is 10.0. The number of thioether (sulfide) groups is 1. The predicted molar refractivity (Wildman–Crippen MR) is 124 cm³/mol. The summed E-state index contributed by atoms with van der Waals surface area (Å²) in [5.74, 6) is 0.194. The van der Waals surface area contributed by atoms with Crippen LogP contribution >= 0.6 is 11.8 Å². The highest BCUT2D eigenvalue weighted by Crippen LogP contribution is 2.33. The van der Waals surface area contributed by atoms with Gasteiger partial charge in [-0.15, -0.1) is 0 Å². The third-order valence-corrected chi connectivity index (χ3v) is 5.42. The fourth-order valence-electron chi connectivity index (χ4n) is 3.01. The number of nitrogens with one attached hydrogen (secondary N) is 2. The number of carbonyl (C=O) groups excluding carboxylic acids is 2. The number of ether oxygens (including phenoxy) is 3. The van der Waals surface area contributed by atoms with Gasteiger partial charge >= 0.3 is 5.30 Å². The molecule has 2 N–H and O–H groups in total. The molecule has 1 saturated heterocycles. The van der Waals surface area contributed by atoms with Crippen LogP contribution in [0.3, 0.4) is 0 Å². The lowest BCUT2D eigenvalue weighted by molar-refractivity contribution is 0.0949. The van der Waals surface area contributed by atoms with Gasteiger partial charge in [0.1, 0.15) is 25.9 Å². The van der Waals surface area contributed by atoms with Crippen LogP contribution in [0.25, 0.3) is 0 Å². The number of hydrogen-bond donors (Lipinski definition) is 2. The lowest BCUT2D eigenvalue weighted by atomic mass is 10.1. The summed E-state index contributed by atoms with van der Waals surface area (Å²) in [5.41, 5.74) is 0.468. The van der Waals surface area contributed by atoms with Crippen LogP contribution in [0.1, 0.15) is 22.3 Å². The summed E-state index contributed by atoms with van der Waals surface area (Å²) in [6.07, 6.45) is 5.34. The molecule has 2 atom stereocenters. The van der Waals surface area contributed by atoms with Gasteiger partial charge in [0, 0.05) is 29.9 Å². The first-order valence-corrected chi connectivity index (χ1v) is 10.9. The Kier molecular flexibility index (Phi) is 10.4. The van der Waals surface area contributed by atoms with E-state index in [0.717, 1.165) is 11.8 Å². The summed E-state index contributed by atoms with van der Waals surface area (Å²) in [6, 6.07) is 5.06. The first-order chi connectivity index (χ1) is 15.5. The second-order valence-corrected chi connectivity index (χ2v) is 8.04. The lowest BCUT2D eigenvalue weighted by Gasteiger charge is -2.15. The standard InChI is InChI=1S/C23H27N3O5S/c1-4-7-29-20-11-16(10-17(13-24)21(20)30-8-5-2)22(27)26-14-18-12-19(15-25-18)32-23(28)31-9-6-3/h4-6,10-11,18-19,25H,1-3,7-9,12,14-15H2,(H,26,27). The molecule has 1 amide bonds. The first kappa shape index (κ1) is 25.0. The topological polar surface area (TPSA) is 110 Å². The number of nitriles is 1. The molecule has 1 aromatic carbocycles. The normalized spacial score (nSPS) is 17.0. The van der Waals surface area contributed by atoms with Crippen molar-refractivity contribution in [2.24, 2.45) is 0 Å². The van der Waals surface area contributed by atoms with E-state index in [-0.39, 0.29) is 64.9 Å². The number of carbonyl (C=O) groups is 2. The monoisotopic (exact) mass is 457 g/mol. The van der Waals surface area contributed by atoms with E-state index < -0.39 is 0 Å². The van der Waals surface area contributed by atoms with Crippen molar-refractivity contribution < 1.29 is 23.8 Å². The van der Waals surface area contributed by atoms with Crippen LogP contribution in [-0.4, -0.2) is 55.4 Å². The van der Waals surface area contributed by atoms with Gasteiger partial charge < -0.3 is 24.8 Å². The minimum atomic E-state index is -0.344. The zero-order chi connectivity index (χ0) is 23.3. The molecular formula is C23H27N3O5S. The lowest BCUT2D eigenvalue weighted by Crippen LogP contribution is -2.37. The summed E-state index contributed by atoms with van der Waals surface area (Å²) < 4.78 is 16.2. The van der Waals surface area contributed by atoms with E-state index in [4.69, 9.17) is 14.2 Å². The van der Waals surface area contributed by atoms with Crippen molar-refractivity contribution in [3.05, 3.63) is 61.2 Å². The number of rotatable bonds is 12. The molecule has 1 aliphatic rings. The van der Waals surface area contributed by atoms with Gasteiger partial charge in [0.05, 0.1) is 5.56 Å². The molecule has 0 saturated carbocycles. The van der Waals surface area contributed by atoms with Crippen LogP contribution in [0.2, 0.25) is 0 Å². The van der Waals surface area contributed by atoms with Crippen LogP contribution in [0.15, 0.2) is 50.1 Å². The molecule has 1 aromatic rings. The molecule has 32 heavy (non-hydrogen) atoms. The van der Waals surface area contributed by atoms with Gasteiger partial charge in [0.25, 0.3) is 5.91 Å². The summed E-state index contributed by atoms with van der Waals surface area (Å²) >= 11 is 1.14. The summed E-state index contributed by atoms with van der Waals surface area (Å²) in [5, 5.41) is 15.4. The Hall–Kier alpha value is -3.22. The minimum absolute atomic E-state index is 0.0192. The zero-order valence-corrected chi connectivity index (χ0v) is 18.6. The molecule has 0 aromatic heterocycles. The maximum absolute atomic E-state index is 12.7. The van der Waals surface area contributed by atoms with Crippen molar-refractivity contribution >= 4 is 23.0 Å². The molecule has 0 radical (unpaired) electrons. The smallest absolute Gasteiger partial charge is 0.367 e. The molecule has 0 aliphatic carbocycles. The largest absolute Gasteiger partial charge is 0.486 e. The molecule has 2 rings (SSSR count). The van der Waals surface area contributed by atoms with Gasteiger partial charge in [0.15, 0.2) is 11.5 Å². The molecule has 9 heteroatoms. The van der Waals surface area contributed by atoms with E-state index in [0.29, 0.717) is 19.5 Å². The molecule has 8 nitrogen and oxygen atoms in total. The van der Waals surface area contributed by atoms with Crippen molar-refractivity contribution in [2.75, 3.05) is 32.9 Å². The van der Waals surface area contributed by atoms with Crippen LogP contribution in [0.5, 0.6) is 11.5 Å². The van der Waals surface area contributed by atoms with Crippen LogP contribution in [-0.2, 0) is 4.74 Å². The Morgan fingerprint density at radius 2 is 1.91 bits per heavy atom. The second-order valence-electron chi connectivity index (χ2n) is 6.80. The van der Waals surface area contributed by atoms with Gasteiger partial charge in [-0.1, -0.05) is 38.0 Å². The molecule has 1 aliphatic heterocycles. The fraction of sp³-hybridized carbons (Fsp3) is 0.348. The van der Waals surface area contributed by atoms with E-state index in [1.165, 1.54) is 18.2 Å². The average molecular weight is 458 g/mol. The van der Waals surface area contributed by atoms with E-state index in [2.05, 4.69) is 30.4 Å². The maximum atomic E-state index is 12.7. The average Bonchev–Trinajstić information content (AvgIpc) is 3.25. The SMILES string of the molecule is C=CCOC(=O)SC1CNC(CNC(=O)c2cc(C#N)c(OCC=C)c(OCC=C)c2)C1. The van der Waals surface area contributed by atoms with Gasteiger partial charge in [-0.2, -0.15) is 5.26 Å². The molecule has 1 fully saturated rings. The van der Waals surface area contributed by atoms with E-state index in [1.807, 2.05) is 6.07 Å². The number of hydrogen-bond acceptors (Lipinski definition) is 8. The molecule has 1 heterocycles. The quantitative estimate of drug-likeness (QED) is 0.364. The van der Waals surface area contributed by atoms with E-state index in [9.17, 15) is 14.9 Å². The van der Waals surface area contributed by atoms with Gasteiger partial charge in [-0.3, -0.25) is 4.79 Å². The molecule has 0 bridgehead atoms. The Morgan fingerprint density at radius 3 is 2.59 bits per heavy atom. The Labute approximate surface area is 192 Å². The molecule has 170 valence electrons. The van der Waals surface area contributed by atoms with E-state index in [1.54, 1.807) is 12.2 Å². The van der Waals surface area contributed by atoms with Crippen molar-refractivity contribution in [3.63, 3.8) is 0 Å². The van der Waals surface area contributed by atoms with Crippen LogP contribution < -0.4 is 20.1 Å². The van der Waals surface area contributed by atoms with Gasteiger partial charge in [-0.05, 0) is 30.3 Å². The van der Waals surface area contributed by atoms with E-state index >= 15 is 0 Å². The summed E-state index contributed by atoms with van der Waals surface area (Å²) in [4.78, 5) is 24.4. The highest BCUT2D eigenvalue weighted by atomic mass is 32.2. The van der Waals surface area contributed by atoms with Crippen molar-refractivity contribution in [1.29, 1.82) is 5.26 Å². The Bertz CT molecular complexity index is 896. The second kappa shape index (κ2) is 13.2. The number of amides is 1. The Balaban J connectivity index is 1.99.